The highest BCUT2D eigenvalue weighted by Crippen LogP contribution is 2.27. The first-order valence-electron chi connectivity index (χ1n) is 8.12. The highest BCUT2D eigenvalue weighted by atomic mass is 35.5. The molecule has 1 saturated heterocycles. The molecule has 1 N–H and O–H groups in total. The summed E-state index contributed by atoms with van der Waals surface area (Å²) >= 11 is 7.31. The quantitative estimate of drug-likeness (QED) is 0.779. The lowest BCUT2D eigenvalue weighted by atomic mass is 10.2. The van der Waals surface area contributed by atoms with E-state index < -0.39 is 9.84 Å². The minimum Gasteiger partial charge on any atom is -0.338 e. The number of hydrogen-bond acceptors (Lipinski definition) is 5. The van der Waals surface area contributed by atoms with Crippen molar-refractivity contribution in [3.8, 4) is 0 Å². The Morgan fingerprint density at radius 2 is 2.28 bits per heavy atom. The molecule has 0 radical (unpaired) electrons. The van der Waals surface area contributed by atoms with Crippen LogP contribution >= 0.6 is 23.4 Å². The Bertz CT molecular complexity index is 897. The Labute approximate surface area is 156 Å². The van der Waals surface area contributed by atoms with E-state index in [1.807, 2.05) is 19.9 Å². The van der Waals surface area contributed by atoms with E-state index in [2.05, 4.69) is 9.97 Å². The summed E-state index contributed by atoms with van der Waals surface area (Å²) < 4.78 is 23.4. The minimum atomic E-state index is -3.02. The Morgan fingerprint density at radius 1 is 1.52 bits per heavy atom. The average Bonchev–Trinajstić information content (AvgIpc) is 3.09. The van der Waals surface area contributed by atoms with E-state index >= 15 is 0 Å². The number of carbonyl (C=O) groups is 1. The van der Waals surface area contributed by atoms with Crippen LogP contribution in [0.4, 0.5) is 0 Å². The van der Waals surface area contributed by atoms with Gasteiger partial charge in [-0.2, -0.15) is 0 Å². The number of amides is 1. The zero-order valence-corrected chi connectivity index (χ0v) is 16.4. The van der Waals surface area contributed by atoms with Crippen LogP contribution in [0.5, 0.6) is 0 Å². The van der Waals surface area contributed by atoms with E-state index in [9.17, 15) is 13.2 Å². The van der Waals surface area contributed by atoms with Crippen molar-refractivity contribution in [2.45, 2.75) is 36.7 Å². The molecule has 0 saturated carbocycles. The molecule has 136 valence electrons. The molecule has 3 rings (SSSR count). The number of imidazole rings is 1. The predicted molar refractivity (Wildman–Crippen MR) is 101 cm³/mol. The van der Waals surface area contributed by atoms with Crippen LogP contribution in [0.15, 0.2) is 23.4 Å². The van der Waals surface area contributed by atoms with E-state index in [4.69, 9.17) is 11.6 Å². The zero-order chi connectivity index (χ0) is 18.2. The molecular weight excluding hydrogens is 382 g/mol. The number of rotatable bonds is 5. The largest absolute Gasteiger partial charge is 0.338 e. The molecule has 1 aliphatic heterocycles. The molecule has 1 fully saturated rings. The van der Waals surface area contributed by atoms with Crippen molar-refractivity contribution < 1.29 is 13.2 Å². The predicted octanol–water partition coefficient (Wildman–Crippen LogP) is 2.73. The number of nitrogens with one attached hydrogen (secondary N) is 1. The number of halogens is 1. The van der Waals surface area contributed by atoms with Crippen LogP contribution in [0.3, 0.4) is 0 Å². The molecular formula is C16H20ClN3O3S2. The number of benzene rings is 1. The van der Waals surface area contributed by atoms with Crippen molar-refractivity contribution >= 4 is 50.1 Å². The summed E-state index contributed by atoms with van der Waals surface area (Å²) in [6.45, 7) is 4.20. The SMILES string of the molecule is CCN(C(=O)[C@H](C)Sc1nc2ccc(Cl)cc2[nH]1)[C@@H]1CCS(=O)(=O)C1. The maximum absolute atomic E-state index is 12.8. The van der Waals surface area contributed by atoms with Crippen LogP contribution in [-0.2, 0) is 14.6 Å². The van der Waals surface area contributed by atoms with Crippen molar-refractivity contribution in [3.05, 3.63) is 23.2 Å². The third-order valence-electron chi connectivity index (χ3n) is 4.33. The number of aromatic nitrogens is 2. The molecule has 0 spiro atoms. The van der Waals surface area contributed by atoms with Gasteiger partial charge in [0.05, 0.1) is 27.8 Å². The van der Waals surface area contributed by atoms with Crippen molar-refractivity contribution in [1.29, 1.82) is 0 Å². The molecule has 0 bridgehead atoms. The first-order valence-corrected chi connectivity index (χ1v) is 11.2. The van der Waals surface area contributed by atoms with Gasteiger partial charge in [0.2, 0.25) is 5.91 Å². The fourth-order valence-electron chi connectivity index (χ4n) is 3.08. The summed E-state index contributed by atoms with van der Waals surface area (Å²) in [5.74, 6) is 0.161. The number of carbonyl (C=O) groups excluding carboxylic acids is 1. The monoisotopic (exact) mass is 401 g/mol. The second-order valence-corrected chi connectivity index (χ2v) is 10.1. The van der Waals surface area contributed by atoms with Crippen molar-refractivity contribution in [2.75, 3.05) is 18.1 Å². The van der Waals surface area contributed by atoms with E-state index in [0.717, 1.165) is 11.0 Å². The third kappa shape index (κ3) is 4.12. The Morgan fingerprint density at radius 3 is 2.92 bits per heavy atom. The number of H-pyrrole nitrogens is 1. The van der Waals surface area contributed by atoms with Gasteiger partial charge in [0.1, 0.15) is 0 Å². The lowest BCUT2D eigenvalue weighted by molar-refractivity contribution is -0.131. The van der Waals surface area contributed by atoms with Crippen LogP contribution in [0.25, 0.3) is 11.0 Å². The van der Waals surface area contributed by atoms with Gasteiger partial charge in [0.15, 0.2) is 15.0 Å². The molecule has 1 aliphatic rings. The molecule has 0 unspecified atom stereocenters. The van der Waals surface area contributed by atoms with Gasteiger partial charge in [-0.3, -0.25) is 4.79 Å². The second kappa shape index (κ2) is 7.17. The van der Waals surface area contributed by atoms with Gasteiger partial charge in [-0.25, -0.2) is 13.4 Å². The van der Waals surface area contributed by atoms with Gasteiger partial charge in [0.25, 0.3) is 0 Å². The van der Waals surface area contributed by atoms with Crippen LogP contribution in [0.2, 0.25) is 5.02 Å². The Kier molecular flexibility index (Phi) is 5.31. The van der Waals surface area contributed by atoms with E-state index in [1.54, 1.807) is 17.0 Å². The normalized spacial score (nSPS) is 20.7. The topological polar surface area (TPSA) is 83.1 Å². The van der Waals surface area contributed by atoms with Gasteiger partial charge in [0, 0.05) is 17.6 Å². The average molecular weight is 402 g/mol. The zero-order valence-electron chi connectivity index (χ0n) is 14.0. The van der Waals surface area contributed by atoms with Gasteiger partial charge in [-0.05, 0) is 38.5 Å². The second-order valence-electron chi connectivity index (χ2n) is 6.14. The summed E-state index contributed by atoms with van der Waals surface area (Å²) in [4.78, 5) is 22.1. The number of sulfone groups is 1. The molecule has 25 heavy (non-hydrogen) atoms. The smallest absolute Gasteiger partial charge is 0.236 e. The molecule has 1 aromatic heterocycles. The van der Waals surface area contributed by atoms with Crippen molar-refractivity contribution in [3.63, 3.8) is 0 Å². The number of thioether (sulfide) groups is 1. The van der Waals surface area contributed by atoms with Gasteiger partial charge >= 0.3 is 0 Å². The van der Waals surface area contributed by atoms with Crippen LogP contribution in [-0.4, -0.2) is 58.5 Å². The number of nitrogens with zero attached hydrogens (tertiary/aromatic N) is 2. The molecule has 2 atom stereocenters. The number of aromatic amines is 1. The molecule has 6 nitrogen and oxygen atoms in total. The minimum absolute atomic E-state index is 0.0620. The van der Waals surface area contributed by atoms with Crippen LogP contribution in [0, 0.1) is 0 Å². The first-order chi connectivity index (χ1) is 11.8. The fraction of sp³-hybridized carbons (Fsp3) is 0.500. The Balaban J connectivity index is 1.72. The maximum atomic E-state index is 12.8. The highest BCUT2D eigenvalue weighted by molar-refractivity contribution is 8.00. The highest BCUT2D eigenvalue weighted by Gasteiger charge is 2.35. The molecule has 9 heteroatoms. The van der Waals surface area contributed by atoms with Crippen LogP contribution in [0.1, 0.15) is 20.3 Å². The van der Waals surface area contributed by atoms with Crippen molar-refractivity contribution in [2.24, 2.45) is 0 Å². The maximum Gasteiger partial charge on any atom is 0.236 e. The number of hydrogen-bond donors (Lipinski definition) is 1. The lowest BCUT2D eigenvalue weighted by Crippen LogP contribution is -2.44. The summed E-state index contributed by atoms with van der Waals surface area (Å²) in [5, 5.41) is 0.906. The summed E-state index contributed by atoms with van der Waals surface area (Å²) in [5.41, 5.74) is 1.62. The summed E-state index contributed by atoms with van der Waals surface area (Å²) in [7, 11) is -3.02. The number of fused-ring (bicyclic) bond motifs is 1. The lowest BCUT2D eigenvalue weighted by Gasteiger charge is -2.29. The van der Waals surface area contributed by atoms with Crippen molar-refractivity contribution in [1.82, 2.24) is 14.9 Å². The van der Waals surface area contributed by atoms with E-state index in [0.29, 0.717) is 23.1 Å². The molecule has 1 amide bonds. The van der Waals surface area contributed by atoms with Gasteiger partial charge < -0.3 is 9.88 Å². The van der Waals surface area contributed by atoms with Gasteiger partial charge in [-0.1, -0.05) is 23.4 Å². The summed E-state index contributed by atoms with van der Waals surface area (Å²) in [6.07, 6.45) is 0.516. The standard InChI is InChI=1S/C16H20ClN3O3S2/c1-3-20(12-6-7-25(22,23)9-12)15(21)10(2)24-16-18-13-5-4-11(17)8-14(13)19-16/h4-5,8,10,12H,3,6-7,9H2,1-2H3,(H,18,19)/t10-,12+/m0/s1. The van der Waals surface area contributed by atoms with Gasteiger partial charge in [-0.15, -0.1) is 0 Å². The third-order valence-corrected chi connectivity index (χ3v) is 7.29. The molecule has 2 heterocycles. The molecule has 0 aliphatic carbocycles. The van der Waals surface area contributed by atoms with E-state index in [1.165, 1.54) is 11.8 Å². The first kappa shape index (κ1) is 18.5. The molecule has 2 aromatic rings. The molecule has 1 aromatic carbocycles. The Hall–Kier alpha value is -1.25. The van der Waals surface area contributed by atoms with Crippen LogP contribution < -0.4 is 0 Å². The summed E-state index contributed by atoms with van der Waals surface area (Å²) in [6, 6.07) is 5.17. The fourth-order valence-corrected chi connectivity index (χ4v) is 5.87. The van der Waals surface area contributed by atoms with E-state index in [-0.39, 0.29) is 28.7 Å².